The van der Waals surface area contributed by atoms with Crippen LogP contribution >= 0.6 is 33.2 Å². The number of hydrogen-bond donors (Lipinski definition) is 0. The third-order valence-electron chi connectivity index (χ3n) is 2.07. The molecule has 0 spiro atoms. The number of halogens is 3. The van der Waals surface area contributed by atoms with Gasteiger partial charge >= 0.3 is 6.00 Å². The van der Waals surface area contributed by atoms with Gasteiger partial charge in [-0.25, -0.2) is 0 Å². The third kappa shape index (κ3) is 3.34. The van der Waals surface area contributed by atoms with E-state index >= 15 is 0 Å². The Morgan fingerprint density at radius 1 is 1.40 bits per heavy atom. The molecule has 0 heterocycles. The molecule has 1 atom stereocenters. The Bertz CT molecular complexity index is 380. The van der Waals surface area contributed by atoms with Crippen molar-refractivity contribution in [1.29, 1.82) is 0 Å². The molecule has 0 aliphatic heterocycles. The molecule has 0 unspecified atom stereocenters. The summed E-state index contributed by atoms with van der Waals surface area (Å²) < 4.78 is 0. The van der Waals surface area contributed by atoms with E-state index in [9.17, 15) is 10.1 Å². The molecule has 0 saturated heterocycles. The highest BCUT2D eigenvalue weighted by atomic mass is 35.8. The summed E-state index contributed by atoms with van der Waals surface area (Å²) in [7, 11) is 0. The van der Waals surface area contributed by atoms with Gasteiger partial charge in [-0.3, -0.25) is 10.1 Å². The summed E-state index contributed by atoms with van der Waals surface area (Å²) >= 11 is 17.5. The van der Waals surface area contributed by atoms with E-state index in [1.165, 1.54) is 12.1 Å². The lowest BCUT2D eigenvalue weighted by Crippen LogP contribution is -2.20. The maximum atomic E-state index is 10.5. The zero-order valence-corrected chi connectivity index (χ0v) is 11.1. The number of nitro benzene ring substituents is 1. The van der Waals surface area contributed by atoms with Gasteiger partial charge in [-0.1, -0.05) is 19.1 Å². The minimum Gasteiger partial charge on any atom is -0.258 e. The lowest BCUT2D eigenvalue weighted by molar-refractivity contribution is -0.384. The maximum Gasteiger partial charge on any atom is 0.348 e. The highest BCUT2D eigenvalue weighted by molar-refractivity contribution is 7.65. The van der Waals surface area contributed by atoms with Crippen molar-refractivity contribution in [3.05, 3.63) is 39.9 Å². The second-order valence-corrected chi connectivity index (χ2v) is 12.2. The van der Waals surface area contributed by atoms with Crippen LogP contribution < -0.4 is 0 Å². The normalized spacial score (nSPS) is 13.6. The van der Waals surface area contributed by atoms with Gasteiger partial charge in [0.1, 0.15) is 0 Å². The van der Waals surface area contributed by atoms with Gasteiger partial charge in [0.05, 0.1) is 4.92 Å². The van der Waals surface area contributed by atoms with Crippen LogP contribution in [0.3, 0.4) is 0 Å². The highest BCUT2D eigenvalue weighted by Crippen LogP contribution is 2.37. The van der Waals surface area contributed by atoms with E-state index in [4.69, 9.17) is 33.2 Å². The van der Waals surface area contributed by atoms with Gasteiger partial charge < -0.3 is 0 Å². The molecule has 0 saturated carbocycles. The van der Waals surface area contributed by atoms with Crippen LogP contribution in [-0.4, -0.2) is 10.9 Å². The summed E-state index contributed by atoms with van der Waals surface area (Å²) in [5.74, 6) is 0. The third-order valence-corrected chi connectivity index (χ3v) is 6.33. The Hall–Kier alpha value is -0.293. The van der Waals surface area contributed by atoms with Gasteiger partial charge in [0.2, 0.25) is 0 Å². The monoisotopic (exact) mass is 283 g/mol. The lowest BCUT2D eigenvalue weighted by atomic mass is 10.1. The van der Waals surface area contributed by atoms with Gasteiger partial charge in [-0.05, 0) is 5.56 Å². The molecule has 0 amide bonds. The molecule has 0 radical (unpaired) electrons. The van der Waals surface area contributed by atoms with Crippen molar-refractivity contribution >= 4 is 44.9 Å². The Labute approximate surface area is 102 Å². The van der Waals surface area contributed by atoms with Crippen LogP contribution in [0.1, 0.15) is 18.0 Å². The van der Waals surface area contributed by atoms with Gasteiger partial charge in [-0.15, -0.1) is 33.2 Å². The van der Waals surface area contributed by atoms with E-state index in [0.29, 0.717) is 5.56 Å². The fourth-order valence-corrected chi connectivity index (χ4v) is 2.79. The van der Waals surface area contributed by atoms with E-state index in [1.807, 2.05) is 0 Å². The van der Waals surface area contributed by atoms with Crippen LogP contribution in [0.2, 0.25) is 0 Å². The average Bonchev–Trinajstić information content (AvgIpc) is 2.15. The number of benzene rings is 1. The molecule has 0 aromatic heterocycles. The van der Waals surface area contributed by atoms with Crippen molar-refractivity contribution in [1.82, 2.24) is 0 Å². The number of rotatable bonds is 3. The Kier molecular flexibility index (Phi) is 4.00. The quantitative estimate of drug-likeness (QED) is 0.366. The first kappa shape index (κ1) is 12.8. The molecule has 0 aliphatic rings. The van der Waals surface area contributed by atoms with Crippen LogP contribution in [0.25, 0.3) is 0 Å². The topological polar surface area (TPSA) is 43.1 Å². The van der Waals surface area contributed by atoms with Gasteiger partial charge in [0, 0.05) is 17.7 Å². The first-order valence-corrected chi connectivity index (χ1v) is 9.24. The molecular weight excluding hydrogens is 277 g/mol. The SMILES string of the molecule is C[C@H](c1cccc([N+](=O)[O-])c1)[Si](Cl)(Cl)Cl. The van der Waals surface area contributed by atoms with Crippen LogP contribution in [-0.2, 0) is 0 Å². The van der Waals surface area contributed by atoms with Crippen molar-refractivity contribution in [2.24, 2.45) is 0 Å². The number of nitro groups is 1. The van der Waals surface area contributed by atoms with E-state index in [1.54, 1.807) is 19.1 Å². The molecule has 0 N–H and O–H groups in total. The number of non-ortho nitro benzene ring substituents is 1. The van der Waals surface area contributed by atoms with Crippen molar-refractivity contribution in [3.8, 4) is 0 Å². The fourth-order valence-electron chi connectivity index (χ4n) is 1.10. The zero-order valence-electron chi connectivity index (χ0n) is 7.78. The van der Waals surface area contributed by atoms with Crippen LogP contribution in [0, 0.1) is 10.1 Å². The first-order chi connectivity index (χ1) is 6.82. The summed E-state index contributed by atoms with van der Waals surface area (Å²) in [4.78, 5) is 10.1. The molecule has 15 heavy (non-hydrogen) atoms. The highest BCUT2D eigenvalue weighted by Gasteiger charge is 2.34. The Morgan fingerprint density at radius 2 is 2.00 bits per heavy atom. The summed E-state index contributed by atoms with van der Waals surface area (Å²) in [5, 5.41) is 10.5. The molecule has 82 valence electrons. The van der Waals surface area contributed by atoms with E-state index in [0.717, 1.165) is 0 Å². The largest absolute Gasteiger partial charge is 0.348 e. The van der Waals surface area contributed by atoms with E-state index < -0.39 is 10.9 Å². The van der Waals surface area contributed by atoms with Crippen molar-refractivity contribution < 1.29 is 4.92 Å². The smallest absolute Gasteiger partial charge is 0.258 e. The van der Waals surface area contributed by atoms with Gasteiger partial charge in [0.15, 0.2) is 0 Å². The minimum absolute atomic E-state index is 0.0163. The van der Waals surface area contributed by atoms with Gasteiger partial charge in [-0.2, -0.15) is 0 Å². The molecular formula is C8H8Cl3NO2Si. The lowest BCUT2D eigenvalue weighted by Gasteiger charge is -2.17. The van der Waals surface area contributed by atoms with Crippen molar-refractivity contribution in [3.63, 3.8) is 0 Å². The molecule has 0 aliphatic carbocycles. The maximum absolute atomic E-state index is 10.5. The standard InChI is InChI=1S/C8H8Cl3NO2Si/c1-6(15(9,10)11)7-3-2-4-8(5-7)12(13)14/h2-6H,1H3/t6-/m1/s1. The molecule has 1 aromatic rings. The predicted octanol–water partition coefficient (Wildman–Crippen LogP) is 3.89. The van der Waals surface area contributed by atoms with Gasteiger partial charge in [0.25, 0.3) is 5.69 Å². The predicted molar refractivity (Wildman–Crippen MR) is 64.8 cm³/mol. The Balaban J connectivity index is 3.06. The number of nitrogens with zero attached hydrogens (tertiary/aromatic N) is 1. The molecule has 0 bridgehead atoms. The average molecular weight is 285 g/mol. The summed E-state index contributed by atoms with van der Waals surface area (Å²) in [6.07, 6.45) is 0. The number of hydrogen-bond acceptors (Lipinski definition) is 2. The fraction of sp³-hybridized carbons (Fsp3) is 0.250. The van der Waals surface area contributed by atoms with Crippen LogP contribution in [0.15, 0.2) is 24.3 Å². The first-order valence-electron chi connectivity index (χ1n) is 4.13. The second kappa shape index (κ2) is 4.70. The molecule has 7 heteroatoms. The summed E-state index contributed by atoms with van der Waals surface area (Å²) in [6.45, 7) is 1.76. The van der Waals surface area contributed by atoms with Crippen LogP contribution in [0.4, 0.5) is 5.69 Å². The van der Waals surface area contributed by atoms with Crippen molar-refractivity contribution in [2.75, 3.05) is 0 Å². The van der Waals surface area contributed by atoms with E-state index in [2.05, 4.69) is 0 Å². The van der Waals surface area contributed by atoms with Crippen LogP contribution in [0.5, 0.6) is 0 Å². The second-order valence-electron chi connectivity index (χ2n) is 3.12. The molecule has 1 rings (SSSR count). The zero-order chi connectivity index (χ0) is 11.6. The summed E-state index contributed by atoms with van der Waals surface area (Å²) in [5.41, 5.74) is 0.445. The van der Waals surface area contributed by atoms with E-state index in [-0.39, 0.29) is 11.2 Å². The molecule has 0 fully saturated rings. The van der Waals surface area contributed by atoms with Crippen molar-refractivity contribution in [2.45, 2.75) is 12.5 Å². The molecule has 3 nitrogen and oxygen atoms in total. The molecule has 1 aromatic carbocycles. The minimum atomic E-state index is -2.87. The Morgan fingerprint density at radius 3 is 2.47 bits per heavy atom. The summed E-state index contributed by atoms with van der Waals surface area (Å²) in [6, 6.07) is 3.31.